The Hall–Kier alpha value is -1.54. The van der Waals surface area contributed by atoms with E-state index in [2.05, 4.69) is 0 Å². The predicted molar refractivity (Wildman–Crippen MR) is 74.8 cm³/mol. The van der Waals surface area contributed by atoms with Crippen LogP contribution in [0.15, 0.2) is 24.3 Å². The molecular formula is C14H19NO3S. The fourth-order valence-corrected chi connectivity index (χ4v) is 3.10. The highest BCUT2D eigenvalue weighted by atomic mass is 32.2. The Labute approximate surface area is 114 Å². The van der Waals surface area contributed by atoms with Gasteiger partial charge in [-0.2, -0.15) is 5.26 Å². The van der Waals surface area contributed by atoms with E-state index in [1.54, 1.807) is 24.3 Å². The molecular weight excluding hydrogens is 262 g/mol. The lowest BCUT2D eigenvalue weighted by Crippen LogP contribution is -2.13. The number of hydrogen-bond acceptors (Lipinski definition) is 4. The Morgan fingerprint density at radius 3 is 2.58 bits per heavy atom. The minimum atomic E-state index is -2.96. The summed E-state index contributed by atoms with van der Waals surface area (Å²) < 4.78 is 28.7. The second kappa shape index (κ2) is 7.80. The largest absolute Gasteiger partial charge is 0.492 e. The molecule has 1 rings (SSSR count). The summed E-state index contributed by atoms with van der Waals surface area (Å²) in [5.41, 5.74) is 0.469. The molecule has 0 spiro atoms. The minimum Gasteiger partial charge on any atom is -0.492 e. The van der Waals surface area contributed by atoms with Gasteiger partial charge in [0.05, 0.1) is 23.7 Å². The molecule has 0 aliphatic heterocycles. The Kier molecular flexibility index (Phi) is 6.37. The van der Waals surface area contributed by atoms with Crippen molar-refractivity contribution in [2.45, 2.75) is 26.2 Å². The molecule has 0 saturated carbocycles. The molecule has 1 aromatic rings. The summed E-state index contributed by atoms with van der Waals surface area (Å²) in [6, 6.07) is 8.97. The Morgan fingerprint density at radius 2 is 1.89 bits per heavy atom. The molecule has 5 heteroatoms. The average molecular weight is 281 g/mol. The lowest BCUT2D eigenvalue weighted by molar-refractivity contribution is 0.317. The van der Waals surface area contributed by atoms with Crippen LogP contribution in [0.2, 0.25) is 0 Å². The highest BCUT2D eigenvalue weighted by Gasteiger charge is 2.10. The van der Waals surface area contributed by atoms with Gasteiger partial charge in [-0.1, -0.05) is 25.5 Å². The van der Waals surface area contributed by atoms with Gasteiger partial charge in [0, 0.05) is 0 Å². The second-order valence-electron chi connectivity index (χ2n) is 4.32. The van der Waals surface area contributed by atoms with Crippen molar-refractivity contribution < 1.29 is 13.2 Å². The van der Waals surface area contributed by atoms with E-state index in [0.717, 1.165) is 6.42 Å². The maximum Gasteiger partial charge on any atom is 0.150 e. The van der Waals surface area contributed by atoms with Crippen LogP contribution in [0, 0.1) is 11.3 Å². The van der Waals surface area contributed by atoms with Crippen LogP contribution in [-0.2, 0) is 9.84 Å². The summed E-state index contributed by atoms with van der Waals surface area (Å²) >= 11 is 0. The lowest BCUT2D eigenvalue weighted by atomic mass is 10.2. The van der Waals surface area contributed by atoms with Gasteiger partial charge in [-0.15, -0.1) is 0 Å². The molecule has 0 aromatic heterocycles. The van der Waals surface area contributed by atoms with Crippen molar-refractivity contribution in [2.24, 2.45) is 0 Å². The van der Waals surface area contributed by atoms with Crippen molar-refractivity contribution in [3.63, 3.8) is 0 Å². The Morgan fingerprint density at radius 1 is 1.21 bits per heavy atom. The van der Waals surface area contributed by atoms with Gasteiger partial charge in [-0.3, -0.25) is 0 Å². The molecule has 4 nitrogen and oxygen atoms in total. The van der Waals surface area contributed by atoms with Crippen molar-refractivity contribution in [1.29, 1.82) is 5.26 Å². The van der Waals surface area contributed by atoms with Crippen LogP contribution in [0.1, 0.15) is 31.7 Å². The van der Waals surface area contributed by atoms with Crippen molar-refractivity contribution in [3.05, 3.63) is 29.8 Å². The van der Waals surface area contributed by atoms with Crippen LogP contribution in [0.4, 0.5) is 0 Å². The van der Waals surface area contributed by atoms with E-state index in [0.29, 0.717) is 30.8 Å². The predicted octanol–water partition coefficient (Wildman–Crippen LogP) is 2.54. The maximum absolute atomic E-state index is 11.6. The Bertz CT molecular complexity index is 532. The van der Waals surface area contributed by atoms with Crippen LogP contribution >= 0.6 is 0 Å². The molecule has 0 saturated heterocycles. The smallest absolute Gasteiger partial charge is 0.150 e. The van der Waals surface area contributed by atoms with Crippen molar-refractivity contribution in [2.75, 3.05) is 18.1 Å². The maximum atomic E-state index is 11.6. The first-order valence-electron chi connectivity index (χ1n) is 6.41. The molecule has 0 N–H and O–H groups in total. The fraction of sp³-hybridized carbons (Fsp3) is 0.500. The van der Waals surface area contributed by atoms with E-state index in [4.69, 9.17) is 10.00 Å². The van der Waals surface area contributed by atoms with Gasteiger partial charge in [0.25, 0.3) is 0 Å². The molecule has 0 aliphatic carbocycles. The molecule has 0 unspecified atom stereocenters. The summed E-state index contributed by atoms with van der Waals surface area (Å²) in [4.78, 5) is 0. The zero-order chi connectivity index (χ0) is 14.1. The molecule has 104 valence electrons. The molecule has 0 aliphatic rings. The average Bonchev–Trinajstić information content (AvgIpc) is 2.42. The fourth-order valence-electron chi connectivity index (χ4n) is 1.61. The van der Waals surface area contributed by atoms with Crippen molar-refractivity contribution >= 4 is 9.84 Å². The Balaban J connectivity index is 2.37. The highest BCUT2D eigenvalue weighted by molar-refractivity contribution is 7.91. The van der Waals surface area contributed by atoms with E-state index in [1.807, 2.05) is 13.0 Å². The number of rotatable bonds is 8. The number of unbranched alkanes of at least 4 members (excludes halogenated alkanes) is 1. The molecule has 0 fully saturated rings. The summed E-state index contributed by atoms with van der Waals surface area (Å²) in [6.45, 7) is 2.28. The number of nitriles is 1. The number of ether oxygens (including phenoxy) is 1. The van der Waals surface area contributed by atoms with Gasteiger partial charge in [-0.25, -0.2) is 8.42 Å². The summed E-state index contributed by atoms with van der Waals surface area (Å²) in [6.07, 6.45) is 2.04. The van der Waals surface area contributed by atoms with Crippen LogP contribution in [0.5, 0.6) is 5.75 Å². The number of hydrogen-bond donors (Lipinski definition) is 0. The van der Waals surface area contributed by atoms with E-state index in [-0.39, 0.29) is 11.5 Å². The van der Waals surface area contributed by atoms with Gasteiger partial charge in [-0.05, 0) is 25.0 Å². The topological polar surface area (TPSA) is 67.2 Å². The number of nitrogens with zero attached hydrogens (tertiary/aromatic N) is 1. The first kappa shape index (κ1) is 15.5. The van der Waals surface area contributed by atoms with Crippen molar-refractivity contribution in [3.8, 4) is 11.8 Å². The van der Waals surface area contributed by atoms with E-state index >= 15 is 0 Å². The van der Waals surface area contributed by atoms with Gasteiger partial charge >= 0.3 is 0 Å². The van der Waals surface area contributed by atoms with Gasteiger partial charge in [0.2, 0.25) is 0 Å². The molecule has 0 amide bonds. The third-order valence-corrected chi connectivity index (χ3v) is 4.50. The molecule has 0 radical (unpaired) electrons. The first-order chi connectivity index (χ1) is 9.09. The minimum absolute atomic E-state index is 0.141. The molecule has 0 bridgehead atoms. The monoisotopic (exact) mass is 281 g/mol. The first-order valence-corrected chi connectivity index (χ1v) is 8.23. The van der Waals surface area contributed by atoms with Crippen LogP contribution in [0.25, 0.3) is 0 Å². The van der Waals surface area contributed by atoms with Crippen LogP contribution in [-0.4, -0.2) is 26.5 Å². The van der Waals surface area contributed by atoms with E-state index in [9.17, 15) is 8.42 Å². The summed E-state index contributed by atoms with van der Waals surface area (Å²) in [5, 5.41) is 8.88. The zero-order valence-electron chi connectivity index (χ0n) is 11.1. The third-order valence-electron chi connectivity index (χ3n) is 2.67. The van der Waals surface area contributed by atoms with Crippen molar-refractivity contribution in [1.82, 2.24) is 0 Å². The SMILES string of the molecule is CCCCS(=O)(=O)CCCOc1ccccc1C#N. The number of para-hydroxylation sites is 1. The van der Waals surface area contributed by atoms with Gasteiger partial charge in [0.1, 0.15) is 21.7 Å². The molecule has 0 atom stereocenters. The molecule has 1 aromatic carbocycles. The van der Waals surface area contributed by atoms with Gasteiger partial charge < -0.3 is 4.74 Å². The van der Waals surface area contributed by atoms with Crippen LogP contribution in [0.3, 0.4) is 0 Å². The van der Waals surface area contributed by atoms with E-state index < -0.39 is 9.84 Å². The summed E-state index contributed by atoms with van der Waals surface area (Å²) in [7, 11) is -2.96. The molecule has 19 heavy (non-hydrogen) atoms. The van der Waals surface area contributed by atoms with Crippen LogP contribution < -0.4 is 4.74 Å². The third kappa shape index (κ3) is 5.75. The zero-order valence-corrected chi connectivity index (χ0v) is 11.9. The highest BCUT2D eigenvalue weighted by Crippen LogP contribution is 2.16. The van der Waals surface area contributed by atoms with Gasteiger partial charge in [0.15, 0.2) is 0 Å². The quantitative estimate of drug-likeness (QED) is 0.687. The second-order valence-corrected chi connectivity index (χ2v) is 6.62. The molecule has 0 heterocycles. The lowest BCUT2D eigenvalue weighted by Gasteiger charge is -2.07. The summed E-state index contributed by atoms with van der Waals surface area (Å²) in [5.74, 6) is 0.899. The number of sulfone groups is 1. The number of benzene rings is 1. The van der Waals surface area contributed by atoms with E-state index in [1.165, 1.54) is 0 Å². The standard InChI is InChI=1S/C14H19NO3S/c1-2-3-10-19(16,17)11-6-9-18-14-8-5-4-7-13(14)12-15/h4-5,7-8H,2-3,6,9-11H2,1H3. The normalized spacial score (nSPS) is 10.9.